The maximum atomic E-state index is 5.02. The molecule has 1 aromatic heterocycles. The average Bonchev–Trinajstić information content (AvgIpc) is 3.39. The fourth-order valence-corrected chi connectivity index (χ4v) is 10.7. The second kappa shape index (κ2) is 10.3. The van der Waals surface area contributed by atoms with Crippen LogP contribution in [0.1, 0.15) is 31.4 Å². The lowest BCUT2D eigenvalue weighted by Crippen LogP contribution is -2.50. The van der Waals surface area contributed by atoms with Crippen LogP contribution in [0.2, 0.25) is 0 Å². The number of aromatic nitrogens is 2. The summed E-state index contributed by atoms with van der Waals surface area (Å²) in [7, 11) is 0. The van der Waals surface area contributed by atoms with Gasteiger partial charge in [0.25, 0.3) is 0 Å². The summed E-state index contributed by atoms with van der Waals surface area (Å²) < 4.78 is 2.13. The van der Waals surface area contributed by atoms with Crippen molar-refractivity contribution in [1.82, 2.24) is 9.97 Å². The van der Waals surface area contributed by atoms with E-state index in [9.17, 15) is 0 Å². The number of hydrogen-bond acceptors (Lipinski definition) is 6. The molecular formula is C43H32Br2N6. The summed E-state index contributed by atoms with van der Waals surface area (Å²) in [5.74, 6) is 1.79. The second-order valence-electron chi connectivity index (χ2n) is 14.4. The maximum absolute atomic E-state index is 5.02. The summed E-state index contributed by atoms with van der Waals surface area (Å²) in [5, 5.41) is 0. The summed E-state index contributed by atoms with van der Waals surface area (Å²) in [4.78, 5) is 20.0. The Kier molecular flexibility index (Phi) is 6.03. The third-order valence-electron chi connectivity index (χ3n) is 12.2. The van der Waals surface area contributed by atoms with Crippen molar-refractivity contribution in [2.45, 2.75) is 38.0 Å². The molecule has 4 unspecified atom stereocenters. The SMILES string of the molecule is CC12/C(=C3\CC4N(c5ccccc5)c5ccccc5N4c4cc(Br)ccc43)C1(C)C1N(c3ccccc3)c3nccnc3N1c1cc(Br)ccc12. The van der Waals surface area contributed by atoms with Gasteiger partial charge in [0.2, 0.25) is 0 Å². The minimum absolute atomic E-state index is 0.0683. The number of fused-ring (bicyclic) bond motifs is 13. The van der Waals surface area contributed by atoms with Gasteiger partial charge in [-0.1, -0.05) is 106 Å². The van der Waals surface area contributed by atoms with Crippen LogP contribution in [0.15, 0.2) is 148 Å². The van der Waals surface area contributed by atoms with Crippen molar-refractivity contribution in [2.24, 2.45) is 5.41 Å². The summed E-state index contributed by atoms with van der Waals surface area (Å²) in [5.41, 5.74) is 12.2. The lowest BCUT2D eigenvalue weighted by molar-refractivity contribution is 0.376. The van der Waals surface area contributed by atoms with E-state index >= 15 is 0 Å². The molecule has 4 aliphatic heterocycles. The molecule has 1 saturated carbocycles. The molecule has 5 aromatic carbocycles. The molecule has 5 aliphatic rings. The topological polar surface area (TPSA) is 38.7 Å². The lowest BCUT2D eigenvalue weighted by Gasteiger charge is -2.43. The predicted octanol–water partition coefficient (Wildman–Crippen LogP) is 11.4. The van der Waals surface area contributed by atoms with Gasteiger partial charge in [-0.25, -0.2) is 9.97 Å². The molecule has 51 heavy (non-hydrogen) atoms. The molecule has 4 atom stereocenters. The molecule has 6 nitrogen and oxygen atoms in total. The van der Waals surface area contributed by atoms with E-state index < -0.39 is 0 Å². The van der Waals surface area contributed by atoms with E-state index in [0.29, 0.717) is 0 Å². The molecule has 8 heteroatoms. The van der Waals surface area contributed by atoms with Gasteiger partial charge >= 0.3 is 0 Å². The fraction of sp³-hybridized carbons (Fsp3) is 0.163. The zero-order valence-electron chi connectivity index (χ0n) is 28.0. The highest BCUT2D eigenvalue weighted by Gasteiger charge is 2.78. The Labute approximate surface area is 313 Å². The number of halogens is 2. The van der Waals surface area contributed by atoms with Crippen molar-refractivity contribution in [2.75, 3.05) is 19.6 Å². The average molecular weight is 793 g/mol. The predicted molar refractivity (Wildman–Crippen MR) is 213 cm³/mol. The Balaban J connectivity index is 1.20. The van der Waals surface area contributed by atoms with Crippen LogP contribution in [-0.4, -0.2) is 22.3 Å². The van der Waals surface area contributed by atoms with Gasteiger partial charge in [0.1, 0.15) is 12.3 Å². The van der Waals surface area contributed by atoms with Crippen LogP contribution in [0.4, 0.5) is 45.8 Å². The summed E-state index contributed by atoms with van der Waals surface area (Å²) in [6, 6.07) is 44.1. The smallest absolute Gasteiger partial charge is 0.178 e. The molecule has 0 radical (unpaired) electrons. The van der Waals surface area contributed by atoms with Crippen LogP contribution in [0.5, 0.6) is 0 Å². The Hall–Kier alpha value is -4.92. The number of anilines is 8. The molecule has 0 saturated heterocycles. The molecule has 0 N–H and O–H groups in total. The second-order valence-corrected chi connectivity index (χ2v) is 16.2. The number of rotatable bonds is 2. The molecule has 248 valence electrons. The van der Waals surface area contributed by atoms with Gasteiger partial charge in [-0.15, -0.1) is 0 Å². The monoisotopic (exact) mass is 790 g/mol. The van der Waals surface area contributed by atoms with Gasteiger partial charge in [-0.05, 0) is 77.4 Å². The Morgan fingerprint density at radius 2 is 1.16 bits per heavy atom. The number of hydrogen-bond donors (Lipinski definition) is 0. The van der Waals surface area contributed by atoms with Crippen molar-refractivity contribution in [3.8, 4) is 0 Å². The molecule has 0 amide bonds. The highest BCUT2D eigenvalue weighted by Crippen LogP contribution is 2.80. The first-order chi connectivity index (χ1) is 24.9. The molecule has 6 aromatic rings. The van der Waals surface area contributed by atoms with Gasteiger partial charge in [0.05, 0.1) is 17.1 Å². The number of para-hydroxylation sites is 4. The Morgan fingerprint density at radius 1 is 0.588 bits per heavy atom. The van der Waals surface area contributed by atoms with Gasteiger partial charge in [-0.2, -0.15) is 0 Å². The van der Waals surface area contributed by atoms with Crippen LogP contribution < -0.4 is 19.6 Å². The number of benzene rings is 5. The van der Waals surface area contributed by atoms with Crippen molar-refractivity contribution in [1.29, 1.82) is 0 Å². The van der Waals surface area contributed by atoms with Crippen molar-refractivity contribution < 1.29 is 0 Å². The van der Waals surface area contributed by atoms with E-state index in [4.69, 9.17) is 9.97 Å². The van der Waals surface area contributed by atoms with E-state index in [-0.39, 0.29) is 23.2 Å². The van der Waals surface area contributed by atoms with Crippen LogP contribution in [0.25, 0.3) is 5.57 Å². The van der Waals surface area contributed by atoms with Crippen molar-refractivity contribution in [3.05, 3.63) is 159 Å². The van der Waals surface area contributed by atoms with Gasteiger partial charge < -0.3 is 19.6 Å². The van der Waals surface area contributed by atoms with Gasteiger partial charge in [-0.3, -0.25) is 0 Å². The number of nitrogens with zero attached hydrogens (tertiary/aromatic N) is 6. The zero-order valence-corrected chi connectivity index (χ0v) is 31.2. The standard InChI is InChI=1S/C43H32Br2N6/c1-42-32-20-18-27(45)24-36(32)51-40-39(46-21-22-47-40)49(29-13-7-4-8-14-29)41(51)43(42,2)38(42)31-25-37-48(28-11-5-3-6-12-28)33-15-9-10-16-34(33)50(37)35-23-26(44)17-19-30(31)35/h3-24,37,41H,25H2,1-2H3/b38-31-. The van der Waals surface area contributed by atoms with E-state index in [1.807, 2.05) is 12.4 Å². The third-order valence-corrected chi connectivity index (χ3v) is 13.2. The molecule has 11 rings (SSSR count). The summed E-state index contributed by atoms with van der Waals surface area (Å²) in [6.07, 6.45) is 4.51. The van der Waals surface area contributed by atoms with Crippen LogP contribution in [-0.2, 0) is 5.41 Å². The molecule has 1 aliphatic carbocycles. The minimum atomic E-state index is -0.281. The van der Waals surface area contributed by atoms with E-state index in [2.05, 4.69) is 187 Å². The molecular weight excluding hydrogens is 760 g/mol. The highest BCUT2D eigenvalue weighted by atomic mass is 79.9. The van der Waals surface area contributed by atoms with Gasteiger partial charge in [0.15, 0.2) is 11.6 Å². The maximum Gasteiger partial charge on any atom is 0.178 e. The molecule has 0 bridgehead atoms. The zero-order chi connectivity index (χ0) is 34.2. The van der Waals surface area contributed by atoms with E-state index in [1.54, 1.807) is 0 Å². The van der Waals surface area contributed by atoms with E-state index in [1.165, 1.54) is 50.7 Å². The lowest BCUT2D eigenvalue weighted by atomic mass is 9.81. The minimum Gasteiger partial charge on any atom is -0.318 e. The summed E-state index contributed by atoms with van der Waals surface area (Å²) in [6.45, 7) is 4.97. The first-order valence-corrected chi connectivity index (χ1v) is 19.0. The fourth-order valence-electron chi connectivity index (χ4n) is 10.0. The molecule has 1 fully saturated rings. The van der Waals surface area contributed by atoms with Crippen molar-refractivity contribution in [3.63, 3.8) is 0 Å². The quantitative estimate of drug-likeness (QED) is 0.174. The normalized spacial score (nSPS) is 26.1. The largest absolute Gasteiger partial charge is 0.318 e. The van der Waals surface area contributed by atoms with Gasteiger partial charge in [0, 0.05) is 61.2 Å². The van der Waals surface area contributed by atoms with Crippen LogP contribution in [0.3, 0.4) is 0 Å². The summed E-state index contributed by atoms with van der Waals surface area (Å²) >= 11 is 7.71. The third kappa shape index (κ3) is 3.71. The molecule has 0 spiro atoms. The van der Waals surface area contributed by atoms with Crippen molar-refractivity contribution >= 4 is 83.2 Å². The first kappa shape index (κ1) is 29.8. The Morgan fingerprint density at radius 3 is 1.84 bits per heavy atom. The van der Waals surface area contributed by atoms with Crippen LogP contribution in [0, 0.1) is 5.41 Å². The Bertz CT molecular complexity index is 2470. The first-order valence-electron chi connectivity index (χ1n) is 17.4. The van der Waals surface area contributed by atoms with Crippen LogP contribution >= 0.6 is 31.9 Å². The molecule has 5 heterocycles. The highest BCUT2D eigenvalue weighted by molar-refractivity contribution is 9.10. The van der Waals surface area contributed by atoms with E-state index in [0.717, 1.165) is 32.7 Å².